The zero-order valence-corrected chi connectivity index (χ0v) is 13.6. The number of unbranched alkanes of at least 4 members (excludes halogenated alkanes) is 3. The molecule has 116 valence electrons. The highest BCUT2D eigenvalue weighted by molar-refractivity contribution is 7.80. The second-order valence-electron chi connectivity index (χ2n) is 5.78. The Bertz CT molecular complexity index is 328. The SMILES string of the molecule is CCCCCCC(C)NC(=O)C1(C(N)=S)CCOCC1. The maximum atomic E-state index is 12.5. The molecule has 1 aliphatic rings. The lowest BCUT2D eigenvalue weighted by molar-refractivity contribution is -0.132. The van der Waals surface area contributed by atoms with Crippen molar-refractivity contribution in [1.29, 1.82) is 0 Å². The summed E-state index contributed by atoms with van der Waals surface area (Å²) in [6.07, 6.45) is 7.06. The van der Waals surface area contributed by atoms with E-state index in [4.69, 9.17) is 22.7 Å². The second-order valence-corrected chi connectivity index (χ2v) is 6.22. The molecular formula is C15H28N2O2S. The molecule has 1 amide bonds. The lowest BCUT2D eigenvalue weighted by Gasteiger charge is -2.35. The molecule has 4 nitrogen and oxygen atoms in total. The van der Waals surface area contributed by atoms with Gasteiger partial charge in [0.25, 0.3) is 0 Å². The van der Waals surface area contributed by atoms with Crippen molar-refractivity contribution >= 4 is 23.1 Å². The first-order chi connectivity index (χ1) is 9.53. The van der Waals surface area contributed by atoms with Gasteiger partial charge in [0.1, 0.15) is 5.41 Å². The van der Waals surface area contributed by atoms with Crippen LogP contribution in [0.15, 0.2) is 0 Å². The molecule has 0 bridgehead atoms. The molecule has 1 atom stereocenters. The molecule has 1 rings (SSSR count). The summed E-state index contributed by atoms with van der Waals surface area (Å²) in [5.41, 5.74) is 5.13. The Morgan fingerprint density at radius 1 is 1.35 bits per heavy atom. The molecule has 1 fully saturated rings. The Morgan fingerprint density at radius 3 is 2.55 bits per heavy atom. The number of hydrogen-bond acceptors (Lipinski definition) is 3. The fourth-order valence-corrected chi connectivity index (χ4v) is 2.91. The third-order valence-corrected chi connectivity index (χ3v) is 4.51. The number of carbonyl (C=O) groups is 1. The van der Waals surface area contributed by atoms with Gasteiger partial charge in [-0.1, -0.05) is 44.8 Å². The Kier molecular flexibility index (Phi) is 7.45. The molecule has 1 aliphatic heterocycles. The minimum absolute atomic E-state index is 0.0173. The van der Waals surface area contributed by atoms with Gasteiger partial charge < -0.3 is 15.8 Å². The Balaban J connectivity index is 2.47. The molecule has 3 N–H and O–H groups in total. The van der Waals surface area contributed by atoms with Gasteiger partial charge in [-0.05, 0) is 26.2 Å². The van der Waals surface area contributed by atoms with E-state index in [0.29, 0.717) is 31.0 Å². The molecule has 5 heteroatoms. The molecule has 0 aliphatic carbocycles. The first kappa shape index (κ1) is 17.4. The number of ether oxygens (including phenoxy) is 1. The molecule has 0 aromatic heterocycles. The first-order valence-electron chi connectivity index (χ1n) is 7.71. The number of rotatable bonds is 8. The van der Waals surface area contributed by atoms with Crippen molar-refractivity contribution in [2.75, 3.05) is 13.2 Å². The van der Waals surface area contributed by atoms with Crippen molar-refractivity contribution in [3.63, 3.8) is 0 Å². The molecular weight excluding hydrogens is 272 g/mol. The Morgan fingerprint density at radius 2 is 2.00 bits per heavy atom. The van der Waals surface area contributed by atoms with Gasteiger partial charge in [-0.15, -0.1) is 0 Å². The molecule has 1 saturated heterocycles. The fourth-order valence-electron chi connectivity index (χ4n) is 2.62. The zero-order chi connectivity index (χ0) is 15.0. The van der Waals surface area contributed by atoms with E-state index in [2.05, 4.69) is 19.2 Å². The highest BCUT2D eigenvalue weighted by Crippen LogP contribution is 2.31. The molecule has 0 aromatic carbocycles. The van der Waals surface area contributed by atoms with Gasteiger partial charge >= 0.3 is 0 Å². The average molecular weight is 300 g/mol. The van der Waals surface area contributed by atoms with Crippen LogP contribution >= 0.6 is 12.2 Å². The number of thiocarbonyl (C=S) groups is 1. The van der Waals surface area contributed by atoms with Crippen LogP contribution in [0.2, 0.25) is 0 Å². The fraction of sp³-hybridized carbons (Fsp3) is 0.867. The standard InChI is InChI=1S/C15H28N2O2S/c1-3-4-5-6-7-12(2)17-14(18)15(13(16)20)8-10-19-11-9-15/h12H,3-11H2,1-2H3,(H2,16,20)(H,17,18). The maximum absolute atomic E-state index is 12.5. The van der Waals surface area contributed by atoms with E-state index in [0.717, 1.165) is 12.8 Å². The molecule has 1 unspecified atom stereocenters. The van der Waals surface area contributed by atoms with Crippen LogP contribution in [0.4, 0.5) is 0 Å². The summed E-state index contributed by atoms with van der Waals surface area (Å²) in [6.45, 7) is 5.35. The van der Waals surface area contributed by atoms with E-state index in [1.54, 1.807) is 0 Å². The van der Waals surface area contributed by atoms with Gasteiger partial charge in [0.05, 0.1) is 4.99 Å². The largest absolute Gasteiger partial charge is 0.392 e. The summed E-state index contributed by atoms with van der Waals surface area (Å²) in [5.74, 6) is -0.0173. The summed E-state index contributed by atoms with van der Waals surface area (Å²) in [5, 5.41) is 3.09. The van der Waals surface area contributed by atoms with Gasteiger partial charge in [0.15, 0.2) is 0 Å². The van der Waals surface area contributed by atoms with E-state index in [1.165, 1.54) is 19.3 Å². The summed E-state index contributed by atoms with van der Waals surface area (Å²) < 4.78 is 5.33. The molecule has 0 aromatic rings. The van der Waals surface area contributed by atoms with Gasteiger partial charge in [-0.25, -0.2) is 0 Å². The van der Waals surface area contributed by atoms with Crippen LogP contribution in [0.3, 0.4) is 0 Å². The highest BCUT2D eigenvalue weighted by Gasteiger charge is 2.43. The summed E-state index contributed by atoms with van der Waals surface area (Å²) in [7, 11) is 0. The predicted molar refractivity (Wildman–Crippen MR) is 85.6 cm³/mol. The number of hydrogen-bond donors (Lipinski definition) is 2. The molecule has 0 radical (unpaired) electrons. The predicted octanol–water partition coefficient (Wildman–Crippen LogP) is 2.54. The van der Waals surface area contributed by atoms with Gasteiger partial charge in [-0.3, -0.25) is 4.79 Å². The second kappa shape index (κ2) is 8.57. The van der Waals surface area contributed by atoms with E-state index in [1.807, 2.05) is 0 Å². The third-order valence-electron chi connectivity index (χ3n) is 4.12. The van der Waals surface area contributed by atoms with Crippen LogP contribution in [0.5, 0.6) is 0 Å². The van der Waals surface area contributed by atoms with E-state index in [9.17, 15) is 4.79 Å². The van der Waals surface area contributed by atoms with Crippen LogP contribution < -0.4 is 11.1 Å². The summed E-state index contributed by atoms with van der Waals surface area (Å²) in [6, 6.07) is 0.174. The minimum atomic E-state index is -0.703. The third kappa shape index (κ3) is 4.70. The Hall–Kier alpha value is -0.680. The quantitative estimate of drug-likeness (QED) is 0.534. The van der Waals surface area contributed by atoms with Crippen LogP contribution in [-0.4, -0.2) is 30.2 Å². The monoisotopic (exact) mass is 300 g/mol. The average Bonchev–Trinajstić information content (AvgIpc) is 2.44. The van der Waals surface area contributed by atoms with Crippen molar-refractivity contribution in [1.82, 2.24) is 5.32 Å². The van der Waals surface area contributed by atoms with Gasteiger partial charge in [0.2, 0.25) is 5.91 Å². The summed E-state index contributed by atoms with van der Waals surface area (Å²) >= 11 is 5.14. The van der Waals surface area contributed by atoms with E-state index in [-0.39, 0.29) is 11.9 Å². The number of amides is 1. The van der Waals surface area contributed by atoms with Crippen LogP contribution in [0, 0.1) is 5.41 Å². The molecule has 1 heterocycles. The number of nitrogens with one attached hydrogen (secondary N) is 1. The highest BCUT2D eigenvalue weighted by atomic mass is 32.1. The Labute approximate surface area is 127 Å². The first-order valence-corrected chi connectivity index (χ1v) is 8.12. The lowest BCUT2D eigenvalue weighted by Crippen LogP contribution is -2.53. The van der Waals surface area contributed by atoms with Crippen LogP contribution in [-0.2, 0) is 9.53 Å². The van der Waals surface area contributed by atoms with Gasteiger partial charge in [0, 0.05) is 19.3 Å². The summed E-state index contributed by atoms with van der Waals surface area (Å²) in [4.78, 5) is 12.8. The minimum Gasteiger partial charge on any atom is -0.392 e. The number of carbonyl (C=O) groups excluding carboxylic acids is 1. The molecule has 20 heavy (non-hydrogen) atoms. The van der Waals surface area contributed by atoms with Crippen molar-refractivity contribution in [2.24, 2.45) is 11.1 Å². The number of nitrogens with two attached hydrogens (primary N) is 1. The maximum Gasteiger partial charge on any atom is 0.233 e. The topological polar surface area (TPSA) is 64.4 Å². The van der Waals surface area contributed by atoms with Crippen molar-refractivity contribution in [2.45, 2.75) is 64.8 Å². The van der Waals surface area contributed by atoms with E-state index >= 15 is 0 Å². The van der Waals surface area contributed by atoms with Crippen LogP contribution in [0.1, 0.15) is 58.8 Å². The normalized spacial score (nSPS) is 19.3. The smallest absolute Gasteiger partial charge is 0.233 e. The van der Waals surface area contributed by atoms with Crippen molar-refractivity contribution < 1.29 is 9.53 Å². The van der Waals surface area contributed by atoms with Gasteiger partial charge in [-0.2, -0.15) is 0 Å². The van der Waals surface area contributed by atoms with Crippen molar-refractivity contribution in [3.05, 3.63) is 0 Å². The van der Waals surface area contributed by atoms with E-state index < -0.39 is 5.41 Å². The molecule has 0 saturated carbocycles. The molecule has 0 spiro atoms. The van der Waals surface area contributed by atoms with Crippen LogP contribution in [0.25, 0.3) is 0 Å². The van der Waals surface area contributed by atoms with Crippen molar-refractivity contribution in [3.8, 4) is 0 Å². The lowest BCUT2D eigenvalue weighted by atomic mass is 9.79. The zero-order valence-electron chi connectivity index (χ0n) is 12.7.